The second kappa shape index (κ2) is 13.4. The SMILES string of the molecule is NC(Cc1cnc[nH]1)C(=O)NC(CCC(=O)O)C(=O)N1CCCC1C(=O)NC(Cc1ccc(O)cc1)C(=O)O. The van der Waals surface area contributed by atoms with Gasteiger partial charge in [-0.15, -0.1) is 0 Å². The van der Waals surface area contributed by atoms with Gasteiger partial charge in [0.05, 0.1) is 12.4 Å². The maximum atomic E-state index is 13.4. The zero-order chi connectivity index (χ0) is 28.5. The first-order valence-corrected chi connectivity index (χ1v) is 12.4. The summed E-state index contributed by atoms with van der Waals surface area (Å²) in [5, 5.41) is 33.2. The Balaban J connectivity index is 1.69. The van der Waals surface area contributed by atoms with Crippen molar-refractivity contribution in [2.24, 2.45) is 5.73 Å². The molecule has 2 heterocycles. The van der Waals surface area contributed by atoms with Crippen LogP contribution in [0.3, 0.4) is 0 Å². The molecule has 2 aromatic rings. The predicted molar refractivity (Wildman–Crippen MR) is 135 cm³/mol. The van der Waals surface area contributed by atoms with E-state index in [9.17, 15) is 34.2 Å². The number of aliphatic carboxylic acids is 2. The minimum Gasteiger partial charge on any atom is -0.508 e. The Kier molecular flexibility index (Phi) is 9.98. The van der Waals surface area contributed by atoms with Crippen molar-refractivity contribution in [1.29, 1.82) is 0 Å². The number of rotatable bonds is 13. The van der Waals surface area contributed by atoms with Crippen LogP contribution in [0.15, 0.2) is 36.8 Å². The zero-order valence-corrected chi connectivity index (χ0v) is 21.1. The molecule has 0 spiro atoms. The quantitative estimate of drug-likeness (QED) is 0.165. The van der Waals surface area contributed by atoms with E-state index in [4.69, 9.17) is 10.8 Å². The molecule has 3 rings (SSSR count). The van der Waals surface area contributed by atoms with Crippen LogP contribution in [-0.4, -0.2) is 90.6 Å². The van der Waals surface area contributed by atoms with Crippen molar-refractivity contribution < 1.29 is 39.3 Å². The first kappa shape index (κ1) is 29.1. The number of hydrogen-bond acceptors (Lipinski definition) is 8. The van der Waals surface area contributed by atoms with Crippen molar-refractivity contribution in [1.82, 2.24) is 25.5 Å². The minimum absolute atomic E-state index is 0.0153. The summed E-state index contributed by atoms with van der Waals surface area (Å²) in [6.45, 7) is 0.173. The second-order valence-corrected chi connectivity index (χ2v) is 9.34. The molecule has 4 unspecified atom stereocenters. The number of hydrogen-bond donors (Lipinski definition) is 7. The first-order chi connectivity index (χ1) is 18.5. The molecule has 210 valence electrons. The van der Waals surface area contributed by atoms with Crippen LogP contribution in [0, 0.1) is 0 Å². The first-order valence-electron chi connectivity index (χ1n) is 12.4. The third kappa shape index (κ3) is 8.26. The lowest BCUT2D eigenvalue weighted by Gasteiger charge is -2.30. The summed E-state index contributed by atoms with van der Waals surface area (Å²) in [6.07, 6.45) is 3.08. The molecule has 39 heavy (non-hydrogen) atoms. The standard InChI is InChI=1S/C25H32N6O8/c26-17(11-15-12-27-13-28-15)22(35)29-18(7-8-21(33)34)24(37)31-9-1-2-20(31)23(36)30-19(25(38)39)10-14-3-5-16(32)6-4-14/h3-6,12-13,17-20,32H,1-2,7-11,26H2,(H,27,28)(H,29,35)(H,30,36)(H,33,34)(H,38,39). The van der Waals surface area contributed by atoms with Gasteiger partial charge in [0.25, 0.3) is 0 Å². The number of amides is 3. The second-order valence-electron chi connectivity index (χ2n) is 9.34. The van der Waals surface area contributed by atoms with Crippen LogP contribution in [0.5, 0.6) is 5.75 Å². The average molecular weight is 545 g/mol. The molecule has 1 aliphatic rings. The van der Waals surface area contributed by atoms with Crippen LogP contribution in [0.2, 0.25) is 0 Å². The molecule has 4 atom stereocenters. The monoisotopic (exact) mass is 544 g/mol. The molecule has 0 saturated carbocycles. The number of carboxylic acids is 2. The highest BCUT2D eigenvalue weighted by molar-refractivity contribution is 5.94. The van der Waals surface area contributed by atoms with E-state index < -0.39 is 60.2 Å². The third-order valence-corrected chi connectivity index (χ3v) is 6.42. The Morgan fingerprint density at radius 1 is 1.08 bits per heavy atom. The lowest BCUT2D eigenvalue weighted by molar-refractivity contribution is -0.145. The summed E-state index contributed by atoms with van der Waals surface area (Å²) in [7, 11) is 0. The topological polar surface area (TPSA) is 228 Å². The van der Waals surface area contributed by atoms with E-state index in [1.165, 1.54) is 41.7 Å². The number of aromatic hydroxyl groups is 1. The summed E-state index contributed by atoms with van der Waals surface area (Å²) >= 11 is 0. The van der Waals surface area contributed by atoms with Crippen molar-refractivity contribution in [3.63, 3.8) is 0 Å². The molecule has 8 N–H and O–H groups in total. The Hall–Kier alpha value is -4.46. The molecule has 0 bridgehead atoms. The Bertz CT molecular complexity index is 1170. The molecule has 1 aromatic heterocycles. The highest BCUT2D eigenvalue weighted by Crippen LogP contribution is 2.21. The van der Waals surface area contributed by atoms with Crippen LogP contribution in [0.4, 0.5) is 0 Å². The van der Waals surface area contributed by atoms with Crippen LogP contribution in [-0.2, 0) is 36.8 Å². The lowest BCUT2D eigenvalue weighted by atomic mass is 10.0. The molecule has 3 amide bonds. The number of imidazole rings is 1. The minimum atomic E-state index is -1.29. The number of nitrogens with zero attached hydrogens (tertiary/aromatic N) is 2. The number of phenols is 1. The predicted octanol–water partition coefficient (Wildman–Crippen LogP) is -0.862. The zero-order valence-electron chi connectivity index (χ0n) is 21.1. The van der Waals surface area contributed by atoms with Gasteiger partial charge in [0.2, 0.25) is 17.7 Å². The molecule has 1 fully saturated rings. The highest BCUT2D eigenvalue weighted by atomic mass is 16.4. The smallest absolute Gasteiger partial charge is 0.326 e. The van der Waals surface area contributed by atoms with Crippen molar-refractivity contribution >= 4 is 29.7 Å². The number of H-pyrrole nitrogens is 1. The molecule has 1 aliphatic heterocycles. The number of benzene rings is 1. The van der Waals surface area contributed by atoms with E-state index in [2.05, 4.69) is 20.6 Å². The number of aromatic nitrogens is 2. The van der Waals surface area contributed by atoms with Crippen LogP contribution in [0.1, 0.15) is 36.9 Å². The molecule has 14 heteroatoms. The molecular formula is C25H32N6O8. The van der Waals surface area contributed by atoms with Gasteiger partial charge in [0.1, 0.15) is 23.9 Å². The van der Waals surface area contributed by atoms with E-state index in [1.54, 1.807) is 0 Å². The number of nitrogens with two attached hydrogens (primary N) is 1. The number of phenolic OH excluding ortho intramolecular Hbond substituents is 1. The maximum Gasteiger partial charge on any atom is 0.326 e. The van der Waals surface area contributed by atoms with Gasteiger partial charge in [-0.25, -0.2) is 9.78 Å². The molecular weight excluding hydrogens is 512 g/mol. The number of aromatic amines is 1. The lowest BCUT2D eigenvalue weighted by Crippen LogP contribution is -2.57. The molecule has 0 aliphatic carbocycles. The van der Waals surface area contributed by atoms with E-state index in [0.29, 0.717) is 17.7 Å². The number of carbonyl (C=O) groups excluding carboxylic acids is 3. The average Bonchev–Trinajstić information content (AvgIpc) is 3.59. The summed E-state index contributed by atoms with van der Waals surface area (Å²) in [6, 6.07) is 1.30. The largest absolute Gasteiger partial charge is 0.508 e. The Morgan fingerprint density at radius 2 is 1.79 bits per heavy atom. The van der Waals surface area contributed by atoms with Gasteiger partial charge in [0, 0.05) is 37.7 Å². The van der Waals surface area contributed by atoms with E-state index >= 15 is 0 Å². The van der Waals surface area contributed by atoms with Crippen molar-refractivity contribution in [3.05, 3.63) is 48.0 Å². The van der Waals surface area contributed by atoms with Crippen molar-refractivity contribution in [2.45, 2.75) is 62.7 Å². The normalized spacial score (nSPS) is 17.2. The fraction of sp³-hybridized carbons (Fsp3) is 0.440. The van der Waals surface area contributed by atoms with Gasteiger partial charge in [-0.3, -0.25) is 19.2 Å². The fourth-order valence-corrected chi connectivity index (χ4v) is 4.37. The number of nitrogens with one attached hydrogen (secondary N) is 3. The summed E-state index contributed by atoms with van der Waals surface area (Å²) < 4.78 is 0. The Labute approximate surface area is 223 Å². The highest BCUT2D eigenvalue weighted by Gasteiger charge is 2.39. The van der Waals surface area contributed by atoms with E-state index in [0.717, 1.165) is 0 Å². The molecule has 0 radical (unpaired) electrons. The van der Waals surface area contributed by atoms with Gasteiger partial charge in [-0.05, 0) is 37.0 Å². The van der Waals surface area contributed by atoms with Gasteiger partial charge in [-0.2, -0.15) is 0 Å². The van der Waals surface area contributed by atoms with Gasteiger partial charge >= 0.3 is 11.9 Å². The number of carboxylic acid groups (broad SMARTS) is 2. The van der Waals surface area contributed by atoms with E-state index in [-0.39, 0.29) is 38.0 Å². The van der Waals surface area contributed by atoms with Gasteiger partial charge < -0.3 is 41.6 Å². The van der Waals surface area contributed by atoms with E-state index in [1.807, 2.05) is 0 Å². The molecule has 1 saturated heterocycles. The summed E-state index contributed by atoms with van der Waals surface area (Å²) in [4.78, 5) is 70.2. The molecule has 1 aromatic carbocycles. The maximum absolute atomic E-state index is 13.4. The fourth-order valence-electron chi connectivity index (χ4n) is 4.37. The van der Waals surface area contributed by atoms with Crippen LogP contribution >= 0.6 is 0 Å². The van der Waals surface area contributed by atoms with Crippen LogP contribution < -0.4 is 16.4 Å². The Morgan fingerprint density at radius 3 is 2.41 bits per heavy atom. The number of carbonyl (C=O) groups is 5. The summed E-state index contributed by atoms with van der Waals surface area (Å²) in [5.41, 5.74) is 7.13. The number of likely N-dealkylation sites (tertiary alicyclic amines) is 1. The van der Waals surface area contributed by atoms with Crippen molar-refractivity contribution in [2.75, 3.05) is 6.54 Å². The van der Waals surface area contributed by atoms with Gasteiger partial charge in [0.15, 0.2) is 0 Å². The summed E-state index contributed by atoms with van der Waals surface area (Å²) in [5.74, 6) is -4.43. The van der Waals surface area contributed by atoms with Crippen molar-refractivity contribution in [3.8, 4) is 5.75 Å². The van der Waals surface area contributed by atoms with Gasteiger partial charge in [-0.1, -0.05) is 12.1 Å². The molecule has 14 nitrogen and oxygen atoms in total. The van der Waals surface area contributed by atoms with Crippen LogP contribution in [0.25, 0.3) is 0 Å². The third-order valence-electron chi connectivity index (χ3n) is 6.42.